The Bertz CT molecular complexity index is 464. The zero-order chi connectivity index (χ0) is 12.4. The monoisotopic (exact) mass is 263 g/mol. The predicted molar refractivity (Wildman–Crippen MR) is 76.9 cm³/mol. The lowest BCUT2D eigenvalue weighted by Crippen LogP contribution is -2.24. The maximum absolute atomic E-state index is 6.14. The first-order valence-corrected chi connectivity index (χ1v) is 7.01. The van der Waals surface area contributed by atoms with Crippen molar-refractivity contribution in [2.45, 2.75) is 19.3 Å². The minimum absolute atomic E-state index is 0.821. The molecule has 0 aromatic heterocycles. The van der Waals surface area contributed by atoms with Crippen molar-refractivity contribution in [3.05, 3.63) is 28.8 Å². The van der Waals surface area contributed by atoms with E-state index in [-0.39, 0.29) is 0 Å². The van der Waals surface area contributed by atoms with Crippen LogP contribution >= 0.6 is 11.6 Å². The van der Waals surface area contributed by atoms with Crippen molar-refractivity contribution in [1.82, 2.24) is 5.32 Å². The molecule has 1 aromatic carbocycles. The van der Waals surface area contributed by atoms with E-state index in [1.807, 2.05) is 6.07 Å². The summed E-state index contributed by atoms with van der Waals surface area (Å²) >= 11 is 6.14. The van der Waals surface area contributed by atoms with Gasteiger partial charge in [-0.2, -0.15) is 0 Å². The molecule has 18 heavy (non-hydrogen) atoms. The second kappa shape index (κ2) is 5.19. The lowest BCUT2D eigenvalue weighted by molar-refractivity contribution is 0.944. The molecule has 0 aliphatic carbocycles. The van der Waals surface area contributed by atoms with E-state index in [9.17, 15) is 0 Å². The van der Waals surface area contributed by atoms with Crippen LogP contribution < -0.4 is 10.2 Å². The molecule has 2 aliphatic heterocycles. The molecule has 0 amide bonds. The molecule has 0 atom stereocenters. The molecule has 0 saturated carbocycles. The highest BCUT2D eigenvalue weighted by Crippen LogP contribution is 2.28. The highest BCUT2D eigenvalue weighted by atomic mass is 35.5. The Labute approximate surface area is 113 Å². The van der Waals surface area contributed by atoms with E-state index >= 15 is 0 Å². The zero-order valence-corrected chi connectivity index (χ0v) is 11.2. The number of nitrogens with zero attached hydrogens (tertiary/aromatic N) is 2. The third-order valence-electron chi connectivity index (χ3n) is 3.60. The van der Waals surface area contributed by atoms with Crippen LogP contribution in [0.5, 0.6) is 0 Å². The number of aliphatic imine (C=N–C) groups is 1. The number of hydrogen-bond acceptors (Lipinski definition) is 3. The van der Waals surface area contributed by atoms with E-state index in [1.165, 1.54) is 24.1 Å². The first kappa shape index (κ1) is 11.8. The topological polar surface area (TPSA) is 27.6 Å². The number of anilines is 1. The number of rotatable bonds is 3. The summed E-state index contributed by atoms with van der Waals surface area (Å²) in [5, 5.41) is 4.16. The van der Waals surface area contributed by atoms with E-state index in [2.05, 4.69) is 27.3 Å². The maximum atomic E-state index is 6.14. The van der Waals surface area contributed by atoms with Crippen molar-refractivity contribution in [2.75, 3.05) is 31.1 Å². The second-order valence-corrected chi connectivity index (χ2v) is 5.34. The number of benzene rings is 1. The number of hydrogen-bond donors (Lipinski definition) is 1. The first-order valence-electron chi connectivity index (χ1n) is 6.63. The summed E-state index contributed by atoms with van der Waals surface area (Å²) in [4.78, 5) is 6.92. The van der Waals surface area contributed by atoms with Crippen molar-refractivity contribution in [3.8, 4) is 0 Å². The molecule has 1 fully saturated rings. The Morgan fingerprint density at radius 1 is 1.28 bits per heavy atom. The molecule has 3 nitrogen and oxygen atoms in total. The summed E-state index contributed by atoms with van der Waals surface area (Å²) < 4.78 is 0. The van der Waals surface area contributed by atoms with Crippen molar-refractivity contribution in [1.29, 1.82) is 0 Å². The van der Waals surface area contributed by atoms with Crippen molar-refractivity contribution in [2.24, 2.45) is 4.99 Å². The van der Waals surface area contributed by atoms with E-state index in [0.717, 1.165) is 43.5 Å². The average Bonchev–Trinajstić information content (AvgIpc) is 3.04. The van der Waals surface area contributed by atoms with Gasteiger partial charge in [0.15, 0.2) is 0 Å². The normalized spacial score (nSPS) is 18.9. The van der Waals surface area contributed by atoms with Crippen LogP contribution in [0.25, 0.3) is 0 Å². The van der Waals surface area contributed by atoms with Gasteiger partial charge < -0.3 is 10.2 Å². The third-order valence-corrected chi connectivity index (χ3v) is 3.83. The van der Waals surface area contributed by atoms with Gasteiger partial charge in [-0.05, 0) is 30.5 Å². The molecule has 0 bridgehead atoms. The third kappa shape index (κ3) is 2.46. The quantitative estimate of drug-likeness (QED) is 0.907. The van der Waals surface area contributed by atoms with Crippen LogP contribution in [0.15, 0.2) is 23.2 Å². The van der Waals surface area contributed by atoms with E-state index in [0.29, 0.717) is 0 Å². The average molecular weight is 264 g/mol. The largest absolute Gasteiger partial charge is 0.372 e. The molecule has 2 aliphatic rings. The molecule has 3 rings (SSSR count). The van der Waals surface area contributed by atoms with Gasteiger partial charge in [0.05, 0.1) is 6.54 Å². The van der Waals surface area contributed by atoms with Crippen LogP contribution in [-0.2, 0) is 6.42 Å². The van der Waals surface area contributed by atoms with Gasteiger partial charge in [-0.15, -0.1) is 0 Å². The minimum Gasteiger partial charge on any atom is -0.372 e. The lowest BCUT2D eigenvalue weighted by atomic mass is 10.1. The standard InChI is InChI=1S/C14H18ClN3/c15-12-4-3-11(9-14-16-5-6-17-14)13(10-12)18-7-1-2-8-18/h3-4,10H,1-2,5-9H2,(H,16,17). The Balaban J connectivity index is 1.87. The highest BCUT2D eigenvalue weighted by Gasteiger charge is 2.17. The molecule has 1 saturated heterocycles. The van der Waals surface area contributed by atoms with Crippen molar-refractivity contribution in [3.63, 3.8) is 0 Å². The Kier molecular flexibility index (Phi) is 3.41. The molecule has 96 valence electrons. The summed E-state index contributed by atoms with van der Waals surface area (Å²) in [6, 6.07) is 6.21. The Morgan fingerprint density at radius 2 is 2.11 bits per heavy atom. The fourth-order valence-electron chi connectivity index (χ4n) is 2.68. The number of amidine groups is 1. The van der Waals surface area contributed by atoms with Crippen molar-refractivity contribution < 1.29 is 0 Å². The van der Waals surface area contributed by atoms with E-state index in [1.54, 1.807) is 0 Å². The smallest absolute Gasteiger partial charge is 0.101 e. The summed E-state index contributed by atoms with van der Waals surface area (Å²) in [5.41, 5.74) is 2.62. The highest BCUT2D eigenvalue weighted by molar-refractivity contribution is 6.30. The van der Waals surface area contributed by atoms with Crippen LogP contribution in [0.3, 0.4) is 0 Å². The Hall–Kier alpha value is -1.22. The molecule has 2 heterocycles. The van der Waals surface area contributed by atoms with Crippen LogP contribution in [0.2, 0.25) is 5.02 Å². The SMILES string of the molecule is Clc1ccc(CC2=NCCN2)c(N2CCCC2)c1. The maximum Gasteiger partial charge on any atom is 0.101 e. The minimum atomic E-state index is 0.821. The molecule has 0 spiro atoms. The molecular formula is C14H18ClN3. The van der Waals surface area contributed by atoms with Crippen LogP contribution in [0, 0.1) is 0 Å². The van der Waals surface area contributed by atoms with Crippen LogP contribution in [0.4, 0.5) is 5.69 Å². The molecule has 0 radical (unpaired) electrons. The van der Waals surface area contributed by atoms with Gasteiger partial charge in [-0.3, -0.25) is 4.99 Å². The van der Waals surface area contributed by atoms with Crippen LogP contribution in [-0.4, -0.2) is 32.0 Å². The van der Waals surface area contributed by atoms with Gasteiger partial charge in [0.1, 0.15) is 5.84 Å². The number of halogens is 1. The molecule has 4 heteroatoms. The lowest BCUT2D eigenvalue weighted by Gasteiger charge is -2.21. The van der Waals surface area contributed by atoms with E-state index in [4.69, 9.17) is 11.6 Å². The van der Waals surface area contributed by atoms with Gasteiger partial charge in [-0.1, -0.05) is 17.7 Å². The van der Waals surface area contributed by atoms with Crippen LogP contribution in [0.1, 0.15) is 18.4 Å². The second-order valence-electron chi connectivity index (χ2n) is 4.90. The van der Waals surface area contributed by atoms with Gasteiger partial charge in [-0.25, -0.2) is 0 Å². The summed E-state index contributed by atoms with van der Waals surface area (Å²) in [5.74, 6) is 1.11. The van der Waals surface area contributed by atoms with Crippen molar-refractivity contribution >= 4 is 23.1 Å². The molecule has 1 N–H and O–H groups in total. The molecule has 1 aromatic rings. The van der Waals surface area contributed by atoms with Gasteiger partial charge in [0.2, 0.25) is 0 Å². The van der Waals surface area contributed by atoms with E-state index < -0.39 is 0 Å². The van der Waals surface area contributed by atoms with Gasteiger partial charge in [0.25, 0.3) is 0 Å². The summed E-state index contributed by atoms with van der Waals surface area (Å²) in [7, 11) is 0. The Morgan fingerprint density at radius 3 is 2.83 bits per heavy atom. The first-order chi connectivity index (χ1) is 8.83. The zero-order valence-electron chi connectivity index (χ0n) is 10.5. The van der Waals surface area contributed by atoms with Gasteiger partial charge in [0, 0.05) is 36.8 Å². The molecular weight excluding hydrogens is 246 g/mol. The predicted octanol–water partition coefficient (Wildman–Crippen LogP) is 2.48. The summed E-state index contributed by atoms with van der Waals surface area (Å²) in [6.45, 7) is 4.17. The molecule has 0 unspecified atom stereocenters. The summed E-state index contributed by atoms with van der Waals surface area (Å²) in [6.07, 6.45) is 3.46. The van der Waals surface area contributed by atoms with Gasteiger partial charge >= 0.3 is 0 Å². The fourth-order valence-corrected chi connectivity index (χ4v) is 2.85. The number of nitrogens with one attached hydrogen (secondary N) is 1. The fraction of sp³-hybridized carbons (Fsp3) is 0.500.